The molecule has 6 aromatic carbocycles. The van der Waals surface area contributed by atoms with Gasteiger partial charge in [0.15, 0.2) is 40.5 Å². The van der Waals surface area contributed by atoms with Gasteiger partial charge in [-0.05, 0) is 206 Å². The van der Waals surface area contributed by atoms with E-state index in [0.717, 1.165) is 55.4 Å². The van der Waals surface area contributed by atoms with Gasteiger partial charge >= 0.3 is 41.3 Å². The molecule has 0 radical (unpaired) electrons. The molecule has 6 aromatic rings. The number of Topliss-reactive ketones (excluding diaryl/α,β-unsaturated/α-hetero) is 1. The van der Waals surface area contributed by atoms with Crippen molar-refractivity contribution in [3.05, 3.63) is 186 Å². The number of aliphatic hydroxyl groups is 1. The van der Waals surface area contributed by atoms with Crippen LogP contribution in [0.3, 0.4) is 0 Å². The second kappa shape index (κ2) is 46.1. The average Bonchev–Trinajstić information content (AvgIpc) is 0.759. The summed E-state index contributed by atoms with van der Waals surface area (Å²) in [6.07, 6.45) is 6.77. The zero-order valence-electron chi connectivity index (χ0n) is 66.2. The molecule has 1 N–H and O–H groups in total. The summed E-state index contributed by atoms with van der Waals surface area (Å²) in [5, 5.41) is 13.4. The fourth-order valence-electron chi connectivity index (χ4n) is 11.8. The molecule has 3 aliphatic heterocycles. The third-order valence-corrected chi connectivity index (χ3v) is 17.4. The number of unbranched alkanes of at least 4 members (excludes halogenated alkanes) is 2. The standard InChI is InChI=1S/C29H40FNO5.C24H28FNO4.C13H11FO.C13H24N2O4.C5H11O.ClH.Mg/c1-21-12-6-7-15-24(21)35-25-16-10-14-23(26(25)30)29(33,17-8-9-19-34-5)22-13-11-18-31(20-22)27(32)36-28(2,3)4;1-16-9-5-6-12-19(16)29-20-13-7-11-18(21(20)25)22(27)17-10-8-14-26(15-17)23(28)30-24(2,3)4;1-10-6-2-4-8-12(10)15-13-9-5-3-7-11(13)14;1-13(2,3)19-12(17)15-8-6-7-10(9-15)11(16)14(4)18-5;1-3-4-5-6-2;;/h6-7,10,12,14-16,22,33H,8-9,11,13,17-20H2,1-5H3;5-7,9,11-13,17H,8,10,14-15H2,1-4H3;2-9H,1H3;10H,6-9H2,1-5H3;1,3-5H2,2H3;1H;/q;;;;-1;;+2/p-1/t22-,29+;17-;;10-;;;/m11.1.../s1. The summed E-state index contributed by atoms with van der Waals surface area (Å²) in [7, 11) is 6.37. The molecule has 0 saturated carbocycles. The average molecular weight is 1540 g/mol. The summed E-state index contributed by atoms with van der Waals surface area (Å²) in [6, 6.07) is 38.1. The molecule has 19 nitrogen and oxygen atoms in total. The zero-order valence-corrected chi connectivity index (χ0v) is 68.4. The van der Waals surface area contributed by atoms with Crippen LogP contribution < -0.4 is 26.6 Å². The van der Waals surface area contributed by atoms with Crippen LogP contribution in [0.2, 0.25) is 0 Å². The second-order valence-corrected chi connectivity index (χ2v) is 29.5. The quantitative estimate of drug-likeness (QED) is 0.0189. The van der Waals surface area contributed by atoms with Crippen molar-refractivity contribution in [2.45, 2.75) is 176 Å². The molecule has 3 fully saturated rings. The second-order valence-electron chi connectivity index (χ2n) is 29.5. The summed E-state index contributed by atoms with van der Waals surface area (Å²) in [6.45, 7) is 29.7. The number of para-hydroxylation sites is 4. The van der Waals surface area contributed by atoms with Crippen molar-refractivity contribution in [1.82, 2.24) is 19.8 Å². The largest absolute Gasteiger partial charge is 2.00 e. The van der Waals surface area contributed by atoms with Crippen LogP contribution in [0.4, 0.5) is 27.6 Å². The number of carbonyl (C=O) groups is 5. The normalized spacial score (nSPS) is 16.1. The Morgan fingerprint density at radius 3 is 1.32 bits per heavy atom. The predicted molar refractivity (Wildman–Crippen MR) is 411 cm³/mol. The van der Waals surface area contributed by atoms with Gasteiger partial charge in [-0.2, -0.15) is 6.42 Å². The van der Waals surface area contributed by atoms with E-state index in [1.165, 1.54) is 35.3 Å². The Balaban J connectivity index is 0.000000377. The van der Waals surface area contributed by atoms with E-state index in [-0.39, 0.29) is 112 Å². The number of benzene rings is 6. The number of hydroxylamine groups is 2. The first-order chi connectivity index (χ1) is 50.1. The van der Waals surface area contributed by atoms with Gasteiger partial charge in [-0.3, -0.25) is 14.4 Å². The number of aryl methyl sites for hydroxylation is 3. The van der Waals surface area contributed by atoms with Crippen LogP contribution in [0.1, 0.15) is 166 Å². The van der Waals surface area contributed by atoms with Crippen molar-refractivity contribution in [1.29, 1.82) is 0 Å². The maximum atomic E-state index is 16.0. The van der Waals surface area contributed by atoms with E-state index in [4.69, 9.17) is 42.7 Å². The van der Waals surface area contributed by atoms with E-state index in [9.17, 15) is 33.5 Å². The van der Waals surface area contributed by atoms with Gasteiger partial charge in [-0.25, -0.2) is 32.6 Å². The molecule has 3 aliphatic rings. The maximum Gasteiger partial charge on any atom is 2.00 e. The summed E-state index contributed by atoms with van der Waals surface area (Å²) in [5.74, 6) is -0.968. The number of halogens is 4. The molecule has 24 heteroatoms. The van der Waals surface area contributed by atoms with Gasteiger partial charge in [-0.15, -0.1) is 0 Å². The third-order valence-electron chi connectivity index (χ3n) is 17.4. The van der Waals surface area contributed by atoms with E-state index in [2.05, 4.69) is 6.92 Å². The molecule has 0 aromatic heterocycles. The number of ketones is 1. The molecule has 0 spiro atoms. The SMILES string of the molecule is COCCCC[C@@](O)(c1cccc(Oc2ccccc2C)c1F)[C@@H]1CCCN(C(=O)OC(C)(C)C)C1.CON(C)C(=O)[C@@H]1CCCN(C(=O)OC(C)(C)C)C1.Cc1ccccc1Oc1cccc(C(=O)[C@@H]2CCCN(C(=O)OC(C)(C)C)C2)c1F.Cc1ccccc1Oc1ccccc1F.[CH2-]CCCOC.[Cl-].[Mg+2]. The predicted octanol–water partition coefficient (Wildman–Crippen LogP) is 15.8. The number of piperidine rings is 3. The molecular weight excluding hydrogens is 1420 g/mol. The molecule has 108 heavy (non-hydrogen) atoms. The number of methoxy groups -OCH3 is 2. The summed E-state index contributed by atoms with van der Waals surface area (Å²) in [5.41, 5.74) is -0.304. The number of ether oxygens (including phenoxy) is 8. The van der Waals surface area contributed by atoms with E-state index in [0.29, 0.717) is 88.6 Å². The van der Waals surface area contributed by atoms with Crippen LogP contribution in [-0.4, -0.2) is 176 Å². The molecule has 0 bridgehead atoms. The van der Waals surface area contributed by atoms with E-state index in [1.54, 1.807) is 106 Å². The van der Waals surface area contributed by atoms with Crippen molar-refractivity contribution >= 4 is 53.0 Å². The van der Waals surface area contributed by atoms with E-state index >= 15 is 8.78 Å². The Kier molecular flexibility index (Phi) is 40.4. The fraction of sp³-hybridized carbons (Fsp3) is 0.500. The Morgan fingerprint density at radius 2 is 0.889 bits per heavy atom. The Morgan fingerprint density at radius 1 is 0.500 bits per heavy atom. The van der Waals surface area contributed by atoms with Crippen molar-refractivity contribution < 1.29 is 97.4 Å². The number of nitrogens with zero attached hydrogens (tertiary/aromatic N) is 4. The van der Waals surface area contributed by atoms with Crippen LogP contribution in [0.15, 0.2) is 133 Å². The molecule has 4 atom stereocenters. The fourth-order valence-corrected chi connectivity index (χ4v) is 11.8. The van der Waals surface area contributed by atoms with Gasteiger partial charge in [-0.1, -0.05) is 91.3 Å². The summed E-state index contributed by atoms with van der Waals surface area (Å²) in [4.78, 5) is 71.9. The Bertz CT molecular complexity index is 3710. The minimum Gasteiger partial charge on any atom is -1.00 e. The van der Waals surface area contributed by atoms with Crippen LogP contribution in [-0.2, 0) is 38.9 Å². The van der Waals surface area contributed by atoms with Gasteiger partial charge in [0.2, 0.25) is 0 Å². The molecule has 9 rings (SSSR count). The van der Waals surface area contributed by atoms with Gasteiger partial charge in [0.1, 0.15) is 34.1 Å². The number of amides is 4. The van der Waals surface area contributed by atoms with Crippen molar-refractivity contribution in [2.24, 2.45) is 17.8 Å². The van der Waals surface area contributed by atoms with Crippen LogP contribution in [0, 0.1) is 62.9 Å². The van der Waals surface area contributed by atoms with Crippen molar-refractivity contribution in [3.63, 3.8) is 0 Å². The van der Waals surface area contributed by atoms with Gasteiger partial charge in [0.25, 0.3) is 5.91 Å². The minimum absolute atomic E-state index is 0. The molecular formula is C84H114ClF3MgN4O15. The van der Waals surface area contributed by atoms with E-state index < -0.39 is 52.1 Å². The smallest absolute Gasteiger partial charge is 1.00 e. The molecule has 590 valence electrons. The first-order valence-corrected chi connectivity index (χ1v) is 36.5. The topological polar surface area (TPSA) is 202 Å². The van der Waals surface area contributed by atoms with Crippen LogP contribution in [0.5, 0.6) is 34.5 Å². The first-order valence-electron chi connectivity index (χ1n) is 36.5. The Hall–Kier alpha value is -7.64. The van der Waals surface area contributed by atoms with Gasteiger partial charge < -0.3 is 77.0 Å². The van der Waals surface area contributed by atoms with Crippen molar-refractivity contribution in [3.8, 4) is 34.5 Å². The maximum absolute atomic E-state index is 16.0. The first kappa shape index (κ1) is 94.6. The molecule has 0 unspecified atom stereocenters. The molecule has 0 aliphatic carbocycles. The number of hydrogen-bond acceptors (Lipinski definition) is 15. The van der Waals surface area contributed by atoms with Gasteiger partial charge in [0, 0.05) is 91.1 Å². The number of hydrogen-bond donors (Lipinski definition) is 1. The minimum atomic E-state index is -1.48. The molecule has 3 saturated heterocycles. The molecule has 3 heterocycles. The number of rotatable bonds is 20. The monoisotopic (exact) mass is 1530 g/mol. The summed E-state index contributed by atoms with van der Waals surface area (Å²) < 4.78 is 87.7. The number of likely N-dealkylation sites (tertiary alicyclic amines) is 3. The Labute approximate surface area is 661 Å². The van der Waals surface area contributed by atoms with Crippen LogP contribution >= 0.6 is 0 Å². The van der Waals surface area contributed by atoms with Crippen LogP contribution in [0.25, 0.3) is 0 Å². The third kappa shape index (κ3) is 31.0. The van der Waals surface area contributed by atoms with Gasteiger partial charge in [0.05, 0.1) is 24.2 Å². The van der Waals surface area contributed by atoms with Crippen molar-refractivity contribution in [2.75, 3.05) is 80.9 Å². The molecule has 4 amide bonds. The number of carbonyl (C=O) groups excluding carboxylic acids is 5. The zero-order chi connectivity index (χ0) is 78.4. The van der Waals surface area contributed by atoms with E-state index in [1.807, 2.05) is 123 Å². The summed E-state index contributed by atoms with van der Waals surface area (Å²) >= 11 is 0.